The molecule has 0 spiro atoms. The van der Waals surface area contributed by atoms with Crippen LogP contribution in [0.1, 0.15) is 6.92 Å². The minimum absolute atomic E-state index is 0.156. The van der Waals surface area contributed by atoms with E-state index in [0.29, 0.717) is 6.61 Å². The molecule has 0 unspecified atom stereocenters. The Bertz CT molecular complexity index is 339. The fraction of sp³-hybridized carbons (Fsp3) is 0.333. The van der Waals surface area contributed by atoms with Crippen molar-refractivity contribution < 1.29 is 22.6 Å². The van der Waals surface area contributed by atoms with Crippen LogP contribution in [-0.4, -0.2) is 13.0 Å². The van der Waals surface area contributed by atoms with Crippen molar-refractivity contribution in [2.24, 2.45) is 0 Å². The van der Waals surface area contributed by atoms with Gasteiger partial charge in [0.1, 0.15) is 11.4 Å². The molecule has 2 N–H and O–H groups in total. The lowest BCUT2D eigenvalue weighted by Crippen LogP contribution is -2.18. The smallest absolute Gasteiger partial charge is 0.492 e. The summed E-state index contributed by atoms with van der Waals surface area (Å²) in [5, 5.41) is 0. The van der Waals surface area contributed by atoms with Gasteiger partial charge in [0.2, 0.25) is 0 Å². The van der Waals surface area contributed by atoms with Gasteiger partial charge in [0.25, 0.3) is 0 Å². The highest BCUT2D eigenvalue weighted by molar-refractivity contribution is 5.62. The quantitative estimate of drug-likeness (QED) is 0.798. The van der Waals surface area contributed by atoms with Gasteiger partial charge in [-0.2, -0.15) is 0 Å². The molecule has 0 bridgehead atoms. The molecule has 0 fully saturated rings. The van der Waals surface area contributed by atoms with E-state index < -0.39 is 12.1 Å². The SMILES string of the molecule is CCOc1cccc(OC(F)(F)F)c1N. The summed E-state index contributed by atoms with van der Waals surface area (Å²) in [5.74, 6) is -0.271. The zero-order chi connectivity index (χ0) is 11.5. The van der Waals surface area contributed by atoms with E-state index in [-0.39, 0.29) is 11.4 Å². The molecule has 0 heterocycles. The third-order valence-corrected chi connectivity index (χ3v) is 1.55. The van der Waals surface area contributed by atoms with Crippen LogP contribution in [0.2, 0.25) is 0 Å². The molecule has 0 atom stereocenters. The Morgan fingerprint density at radius 3 is 2.40 bits per heavy atom. The molecule has 3 nitrogen and oxygen atoms in total. The van der Waals surface area contributed by atoms with Crippen molar-refractivity contribution in [1.29, 1.82) is 0 Å². The van der Waals surface area contributed by atoms with Crippen LogP contribution in [0.3, 0.4) is 0 Å². The van der Waals surface area contributed by atoms with E-state index in [2.05, 4.69) is 4.74 Å². The molecule has 0 saturated heterocycles. The van der Waals surface area contributed by atoms with Crippen LogP contribution in [0.25, 0.3) is 0 Å². The van der Waals surface area contributed by atoms with E-state index in [4.69, 9.17) is 10.5 Å². The van der Waals surface area contributed by atoms with Crippen LogP contribution >= 0.6 is 0 Å². The van der Waals surface area contributed by atoms with Crippen LogP contribution in [-0.2, 0) is 0 Å². The van der Waals surface area contributed by atoms with Gasteiger partial charge in [0, 0.05) is 0 Å². The first-order chi connectivity index (χ1) is 6.94. The second-order valence-corrected chi connectivity index (χ2v) is 2.65. The second-order valence-electron chi connectivity index (χ2n) is 2.65. The van der Waals surface area contributed by atoms with Crippen molar-refractivity contribution in [3.05, 3.63) is 18.2 Å². The molecule has 0 aliphatic heterocycles. The van der Waals surface area contributed by atoms with Crippen molar-refractivity contribution in [2.45, 2.75) is 13.3 Å². The van der Waals surface area contributed by atoms with E-state index in [1.54, 1.807) is 6.92 Å². The number of benzene rings is 1. The van der Waals surface area contributed by atoms with Crippen LogP contribution in [0.4, 0.5) is 18.9 Å². The van der Waals surface area contributed by atoms with Crippen LogP contribution in [0.15, 0.2) is 18.2 Å². The maximum absolute atomic E-state index is 11.9. The number of anilines is 1. The number of para-hydroxylation sites is 1. The largest absolute Gasteiger partial charge is 0.573 e. The van der Waals surface area contributed by atoms with Crippen LogP contribution < -0.4 is 15.2 Å². The number of hydrogen-bond donors (Lipinski definition) is 1. The lowest BCUT2D eigenvalue weighted by atomic mass is 10.3. The number of rotatable bonds is 3. The van der Waals surface area contributed by atoms with Gasteiger partial charge < -0.3 is 15.2 Å². The van der Waals surface area contributed by atoms with E-state index >= 15 is 0 Å². The lowest BCUT2D eigenvalue weighted by molar-refractivity contribution is -0.274. The highest BCUT2D eigenvalue weighted by Crippen LogP contribution is 2.34. The first kappa shape index (κ1) is 11.5. The average molecular weight is 221 g/mol. The fourth-order valence-electron chi connectivity index (χ4n) is 1.02. The number of halogens is 3. The molecule has 84 valence electrons. The third kappa shape index (κ3) is 3.23. The number of hydrogen-bond acceptors (Lipinski definition) is 3. The van der Waals surface area contributed by atoms with Crippen LogP contribution in [0.5, 0.6) is 11.5 Å². The van der Waals surface area contributed by atoms with Crippen molar-refractivity contribution in [1.82, 2.24) is 0 Å². The molecule has 1 rings (SSSR count). The summed E-state index contributed by atoms with van der Waals surface area (Å²) >= 11 is 0. The molecular formula is C9H10F3NO2. The topological polar surface area (TPSA) is 44.5 Å². The highest BCUT2D eigenvalue weighted by Gasteiger charge is 2.32. The molecule has 0 saturated carbocycles. The van der Waals surface area contributed by atoms with E-state index in [0.717, 1.165) is 6.07 Å². The van der Waals surface area contributed by atoms with Crippen molar-refractivity contribution in [3.8, 4) is 11.5 Å². The first-order valence-electron chi connectivity index (χ1n) is 4.21. The molecule has 6 heteroatoms. The number of ether oxygens (including phenoxy) is 2. The predicted molar refractivity (Wildman–Crippen MR) is 48.7 cm³/mol. The van der Waals surface area contributed by atoms with Gasteiger partial charge in [0.05, 0.1) is 6.61 Å². The summed E-state index contributed by atoms with van der Waals surface area (Å²) < 4.78 is 44.5. The van der Waals surface area contributed by atoms with E-state index in [9.17, 15) is 13.2 Å². The minimum atomic E-state index is -4.75. The summed E-state index contributed by atoms with van der Waals surface area (Å²) in [5.41, 5.74) is 5.27. The number of nitrogen functional groups attached to an aromatic ring is 1. The van der Waals surface area contributed by atoms with Gasteiger partial charge >= 0.3 is 6.36 Å². The van der Waals surface area contributed by atoms with Gasteiger partial charge in [-0.1, -0.05) is 6.07 Å². The molecule has 15 heavy (non-hydrogen) atoms. The molecule has 0 amide bonds. The molecule has 1 aromatic rings. The minimum Gasteiger partial charge on any atom is -0.492 e. The highest BCUT2D eigenvalue weighted by atomic mass is 19.4. The third-order valence-electron chi connectivity index (χ3n) is 1.55. The maximum Gasteiger partial charge on any atom is 0.573 e. The van der Waals surface area contributed by atoms with Crippen molar-refractivity contribution in [2.75, 3.05) is 12.3 Å². The van der Waals surface area contributed by atoms with Crippen LogP contribution in [0, 0.1) is 0 Å². The Morgan fingerprint density at radius 2 is 1.87 bits per heavy atom. The summed E-state index contributed by atoms with van der Waals surface area (Å²) in [6, 6.07) is 3.98. The monoisotopic (exact) mass is 221 g/mol. The normalized spacial score (nSPS) is 11.2. The number of alkyl halides is 3. The Hall–Kier alpha value is -1.59. The Morgan fingerprint density at radius 1 is 1.27 bits per heavy atom. The predicted octanol–water partition coefficient (Wildman–Crippen LogP) is 2.57. The Balaban J connectivity index is 2.94. The van der Waals surface area contributed by atoms with Gasteiger partial charge in [-0.15, -0.1) is 13.2 Å². The lowest BCUT2D eigenvalue weighted by Gasteiger charge is -2.13. The second kappa shape index (κ2) is 4.29. The average Bonchev–Trinajstić information content (AvgIpc) is 2.10. The summed E-state index contributed by atoms with van der Waals surface area (Å²) in [6.45, 7) is 2.02. The van der Waals surface area contributed by atoms with Crippen molar-refractivity contribution in [3.63, 3.8) is 0 Å². The van der Waals surface area contributed by atoms with E-state index in [1.165, 1.54) is 12.1 Å². The standard InChI is InChI=1S/C9H10F3NO2/c1-2-14-6-4-3-5-7(8(6)13)15-9(10,11)12/h3-5H,2,13H2,1H3. The summed E-state index contributed by atoms with van der Waals surface area (Å²) in [4.78, 5) is 0. The molecule has 0 radical (unpaired) electrons. The van der Waals surface area contributed by atoms with Crippen molar-refractivity contribution >= 4 is 5.69 Å². The molecule has 0 aliphatic rings. The molecule has 1 aromatic carbocycles. The number of nitrogens with two attached hydrogens (primary N) is 1. The van der Waals surface area contributed by atoms with Gasteiger partial charge in [-0.05, 0) is 19.1 Å². The molecular weight excluding hydrogens is 211 g/mol. The zero-order valence-electron chi connectivity index (χ0n) is 7.97. The summed E-state index contributed by atoms with van der Waals surface area (Å²) in [6.07, 6.45) is -4.75. The molecule has 0 aromatic heterocycles. The fourth-order valence-corrected chi connectivity index (χ4v) is 1.02. The van der Waals surface area contributed by atoms with E-state index in [1.807, 2.05) is 0 Å². The maximum atomic E-state index is 11.9. The first-order valence-corrected chi connectivity index (χ1v) is 4.21. The van der Waals surface area contributed by atoms with Gasteiger partial charge in [0.15, 0.2) is 5.75 Å². The molecule has 0 aliphatic carbocycles. The van der Waals surface area contributed by atoms with Gasteiger partial charge in [-0.25, -0.2) is 0 Å². The van der Waals surface area contributed by atoms with Gasteiger partial charge in [-0.3, -0.25) is 0 Å². The Labute approximate surface area is 84.6 Å². The summed E-state index contributed by atoms with van der Waals surface area (Å²) in [7, 11) is 0. The Kier molecular flexibility index (Phi) is 3.28. The zero-order valence-corrected chi connectivity index (χ0v) is 7.97.